The molecular formula is C38H70N4O5. The Morgan fingerprint density at radius 2 is 1.60 bits per heavy atom. The van der Waals surface area contributed by atoms with Crippen LogP contribution in [0.25, 0.3) is 0 Å². The number of primary amides is 1. The van der Waals surface area contributed by atoms with E-state index < -0.39 is 11.9 Å². The number of methoxy groups -OCH3 is 1. The summed E-state index contributed by atoms with van der Waals surface area (Å²) in [6.45, 7) is 36.3. The van der Waals surface area contributed by atoms with Crippen molar-refractivity contribution in [2.75, 3.05) is 27.3 Å². The number of piperidine rings is 1. The lowest BCUT2D eigenvalue weighted by Crippen LogP contribution is -2.52. The molecule has 1 saturated heterocycles. The molecule has 47 heavy (non-hydrogen) atoms. The zero-order chi connectivity index (χ0) is 36.9. The fraction of sp³-hybridized carbons (Fsp3) is 0.763. The zero-order valence-electron chi connectivity index (χ0n) is 32.2. The number of ether oxygens (including phenoxy) is 2. The van der Waals surface area contributed by atoms with Gasteiger partial charge in [0.1, 0.15) is 6.04 Å². The van der Waals surface area contributed by atoms with Crippen LogP contribution in [-0.4, -0.2) is 62.0 Å². The SMILES string of the molecule is C=C(C(N)=O)C(CC(C)C)NC(=O)C1[C@@H]2[C@H](CN1C(=C)C(C)C(C)(C)C)C2(C)C.C=C(OC)OCCC1CCC1.CC.CNC(C)=O. The van der Waals surface area contributed by atoms with Crippen LogP contribution in [0.3, 0.4) is 0 Å². The van der Waals surface area contributed by atoms with Crippen LogP contribution in [0.4, 0.5) is 0 Å². The number of fused-ring (bicyclic) bond motifs is 1. The van der Waals surface area contributed by atoms with Crippen LogP contribution in [-0.2, 0) is 23.9 Å². The molecule has 3 amide bonds. The van der Waals surface area contributed by atoms with Crippen LogP contribution in [0.5, 0.6) is 0 Å². The first-order valence-electron chi connectivity index (χ1n) is 17.5. The summed E-state index contributed by atoms with van der Waals surface area (Å²) in [5.74, 6) is 2.09. The van der Waals surface area contributed by atoms with E-state index in [1.165, 1.54) is 26.2 Å². The number of allylic oxidation sites excluding steroid dienone is 1. The van der Waals surface area contributed by atoms with Crippen LogP contribution in [0, 0.1) is 40.4 Å². The number of carbonyl (C=O) groups excluding carboxylic acids is 3. The average molecular weight is 663 g/mol. The van der Waals surface area contributed by atoms with E-state index in [-0.39, 0.29) is 40.2 Å². The van der Waals surface area contributed by atoms with Gasteiger partial charge in [-0.1, -0.05) is 102 Å². The summed E-state index contributed by atoms with van der Waals surface area (Å²) in [4.78, 5) is 37.1. The van der Waals surface area contributed by atoms with E-state index in [1.54, 1.807) is 14.2 Å². The lowest BCUT2D eigenvalue weighted by molar-refractivity contribution is -0.127. The van der Waals surface area contributed by atoms with E-state index in [0.717, 1.165) is 31.2 Å². The molecule has 0 radical (unpaired) electrons. The van der Waals surface area contributed by atoms with E-state index >= 15 is 0 Å². The van der Waals surface area contributed by atoms with Crippen molar-refractivity contribution in [3.05, 3.63) is 37.0 Å². The van der Waals surface area contributed by atoms with Gasteiger partial charge in [-0.15, -0.1) is 0 Å². The Labute approximate surface area is 287 Å². The molecule has 0 bridgehead atoms. The third kappa shape index (κ3) is 13.6. The van der Waals surface area contributed by atoms with Gasteiger partial charge in [0.2, 0.25) is 17.7 Å². The summed E-state index contributed by atoms with van der Waals surface area (Å²) in [7, 11) is 3.17. The molecule has 9 nitrogen and oxygen atoms in total. The lowest BCUT2D eigenvalue weighted by Gasteiger charge is -2.40. The number of nitrogens with one attached hydrogen (secondary N) is 2. The number of nitrogens with zero attached hydrogens (tertiary/aromatic N) is 1. The van der Waals surface area contributed by atoms with Crippen molar-refractivity contribution in [2.24, 2.45) is 46.2 Å². The predicted molar refractivity (Wildman–Crippen MR) is 194 cm³/mol. The van der Waals surface area contributed by atoms with Crippen LogP contribution in [0.1, 0.15) is 108 Å². The van der Waals surface area contributed by atoms with Crippen molar-refractivity contribution in [2.45, 2.75) is 120 Å². The molecule has 0 aromatic carbocycles. The number of amides is 3. The highest BCUT2D eigenvalue weighted by Gasteiger charge is 2.69. The first kappa shape index (κ1) is 44.0. The van der Waals surface area contributed by atoms with Crippen LogP contribution in [0.15, 0.2) is 37.0 Å². The van der Waals surface area contributed by atoms with Gasteiger partial charge < -0.3 is 30.7 Å². The number of nitrogens with two attached hydrogens (primary N) is 1. The standard InChI is InChI=1S/C24H41N3O2.C9H16O2.C3H7NO.C2H6/c1-13(2)11-18(14(3)21(25)28)26-22(29)20-19-17(24(19,9)10)12-27(20)16(5)15(4)23(6,7)8;1-8(10-2)11-7-6-9-4-3-5-9;1-3(5)4-2;1-2/h13,15,17-20H,3,5,11-12H2,1-2,4,6-10H3,(H2,25,28)(H,26,29);9H,1,3-7H2,2H3;1-2H3,(H,4,5);1-2H3/t15?,17-,18?,19-,20?;;;/m0.../s1. The zero-order valence-corrected chi connectivity index (χ0v) is 32.2. The summed E-state index contributed by atoms with van der Waals surface area (Å²) in [6.07, 6.45) is 5.95. The molecule has 0 aromatic rings. The van der Waals surface area contributed by atoms with E-state index in [4.69, 9.17) is 15.2 Å². The van der Waals surface area contributed by atoms with Crippen molar-refractivity contribution < 1.29 is 23.9 Å². The van der Waals surface area contributed by atoms with Crippen molar-refractivity contribution in [1.29, 1.82) is 0 Å². The third-order valence-corrected chi connectivity index (χ3v) is 10.00. The highest BCUT2D eigenvalue weighted by molar-refractivity contribution is 5.94. The molecule has 3 rings (SSSR count). The smallest absolute Gasteiger partial charge is 0.271 e. The number of rotatable bonds is 13. The lowest BCUT2D eigenvalue weighted by atomic mass is 9.79. The molecule has 0 aromatic heterocycles. The van der Waals surface area contributed by atoms with Gasteiger partial charge in [0.05, 0.1) is 19.8 Å². The molecule has 272 valence electrons. The molecule has 2 aliphatic carbocycles. The largest absolute Gasteiger partial charge is 0.469 e. The summed E-state index contributed by atoms with van der Waals surface area (Å²) >= 11 is 0. The van der Waals surface area contributed by atoms with E-state index in [2.05, 4.69) is 90.7 Å². The molecule has 9 heteroatoms. The Morgan fingerprint density at radius 1 is 1.06 bits per heavy atom. The van der Waals surface area contributed by atoms with E-state index in [9.17, 15) is 14.4 Å². The molecule has 3 fully saturated rings. The molecule has 2 saturated carbocycles. The second-order valence-corrected chi connectivity index (χ2v) is 15.0. The normalized spacial score (nSPS) is 21.7. The fourth-order valence-electron chi connectivity index (χ4n) is 6.00. The minimum absolute atomic E-state index is 0.00463. The molecule has 5 atom stereocenters. The fourth-order valence-corrected chi connectivity index (χ4v) is 6.00. The van der Waals surface area contributed by atoms with Gasteiger partial charge >= 0.3 is 0 Å². The Kier molecular flexibility index (Phi) is 18.5. The number of hydrogen-bond donors (Lipinski definition) is 3. The molecule has 3 aliphatic rings. The quantitative estimate of drug-likeness (QED) is 0.147. The highest BCUT2D eigenvalue weighted by atomic mass is 16.7. The molecule has 1 heterocycles. The number of likely N-dealkylation sites (tertiary alicyclic amines) is 1. The summed E-state index contributed by atoms with van der Waals surface area (Å²) < 4.78 is 9.95. The minimum atomic E-state index is -0.561. The summed E-state index contributed by atoms with van der Waals surface area (Å²) in [6, 6.07) is -0.696. The van der Waals surface area contributed by atoms with E-state index in [0.29, 0.717) is 30.1 Å². The van der Waals surface area contributed by atoms with Crippen molar-refractivity contribution >= 4 is 17.7 Å². The van der Waals surface area contributed by atoms with Gasteiger partial charge in [-0.3, -0.25) is 14.4 Å². The summed E-state index contributed by atoms with van der Waals surface area (Å²) in [5.41, 5.74) is 6.98. The van der Waals surface area contributed by atoms with Gasteiger partial charge in [0.25, 0.3) is 5.95 Å². The first-order chi connectivity index (χ1) is 21.7. The molecule has 3 unspecified atom stereocenters. The second-order valence-electron chi connectivity index (χ2n) is 15.0. The second kappa shape index (κ2) is 19.8. The molecule has 0 spiro atoms. The Balaban J connectivity index is 0.000000961. The molecule has 1 aliphatic heterocycles. The topological polar surface area (TPSA) is 123 Å². The van der Waals surface area contributed by atoms with Crippen molar-refractivity contribution in [3.63, 3.8) is 0 Å². The third-order valence-electron chi connectivity index (χ3n) is 10.00. The van der Waals surface area contributed by atoms with Gasteiger partial charge in [-0.25, -0.2) is 0 Å². The minimum Gasteiger partial charge on any atom is -0.469 e. The Morgan fingerprint density at radius 3 is 1.98 bits per heavy atom. The van der Waals surface area contributed by atoms with Gasteiger partial charge in [-0.05, 0) is 53.9 Å². The van der Waals surface area contributed by atoms with E-state index in [1.807, 2.05) is 13.8 Å². The first-order valence-corrected chi connectivity index (χ1v) is 17.5. The molecule has 4 N–H and O–H groups in total. The number of carbonyl (C=O) groups is 3. The average Bonchev–Trinajstić information content (AvgIpc) is 3.29. The van der Waals surface area contributed by atoms with Gasteiger partial charge in [-0.2, -0.15) is 0 Å². The van der Waals surface area contributed by atoms with Crippen LogP contribution >= 0.6 is 0 Å². The van der Waals surface area contributed by atoms with Crippen LogP contribution in [0.2, 0.25) is 0 Å². The predicted octanol–water partition coefficient (Wildman–Crippen LogP) is 6.80. The Hall–Kier alpha value is -2.97. The van der Waals surface area contributed by atoms with Crippen molar-refractivity contribution in [1.82, 2.24) is 15.5 Å². The van der Waals surface area contributed by atoms with Gasteiger partial charge in [0.15, 0.2) is 0 Å². The monoisotopic (exact) mass is 663 g/mol. The summed E-state index contributed by atoms with van der Waals surface area (Å²) in [5, 5.41) is 5.50. The maximum atomic E-state index is 13.5. The van der Waals surface area contributed by atoms with Crippen LogP contribution < -0.4 is 16.4 Å². The van der Waals surface area contributed by atoms with Gasteiger partial charge in [0, 0.05) is 37.7 Å². The molecular weight excluding hydrogens is 592 g/mol. The van der Waals surface area contributed by atoms with Crippen molar-refractivity contribution in [3.8, 4) is 0 Å². The Bertz CT molecular complexity index is 1060. The maximum absolute atomic E-state index is 13.5. The highest BCUT2D eigenvalue weighted by Crippen LogP contribution is 2.65. The maximum Gasteiger partial charge on any atom is 0.271 e. The number of hydrogen-bond acceptors (Lipinski definition) is 6.